The van der Waals surface area contributed by atoms with Gasteiger partial charge in [-0.15, -0.1) is 0 Å². The van der Waals surface area contributed by atoms with E-state index in [1.54, 1.807) is 0 Å². The highest BCUT2D eigenvalue weighted by molar-refractivity contribution is 5.46. The summed E-state index contributed by atoms with van der Waals surface area (Å²) >= 11 is 0. The fourth-order valence-electron chi connectivity index (χ4n) is 2.46. The van der Waals surface area contributed by atoms with Crippen molar-refractivity contribution >= 4 is 5.69 Å². The van der Waals surface area contributed by atoms with Crippen molar-refractivity contribution in [2.45, 2.75) is 59.0 Å². The van der Waals surface area contributed by atoms with E-state index in [4.69, 9.17) is 0 Å². The minimum atomic E-state index is 0.274. The van der Waals surface area contributed by atoms with Crippen LogP contribution in [0.25, 0.3) is 0 Å². The van der Waals surface area contributed by atoms with E-state index < -0.39 is 0 Å². The van der Waals surface area contributed by atoms with Crippen molar-refractivity contribution in [2.75, 3.05) is 5.32 Å². The number of aryl methyl sites for hydroxylation is 2. The molecule has 1 aromatic carbocycles. The van der Waals surface area contributed by atoms with Crippen LogP contribution >= 0.6 is 0 Å². The Morgan fingerprint density at radius 3 is 2.52 bits per heavy atom. The number of hydrogen-bond donors (Lipinski definition) is 1. The van der Waals surface area contributed by atoms with Crippen molar-refractivity contribution in [3.05, 3.63) is 47.8 Å². The van der Waals surface area contributed by atoms with Crippen LogP contribution in [-0.4, -0.2) is 9.78 Å². The lowest BCUT2D eigenvalue weighted by Crippen LogP contribution is -2.05. The molecule has 0 spiro atoms. The van der Waals surface area contributed by atoms with E-state index in [0.717, 1.165) is 6.54 Å². The molecule has 0 amide bonds. The van der Waals surface area contributed by atoms with E-state index in [1.807, 2.05) is 10.9 Å². The number of nitrogens with zero attached hydrogens (tertiary/aromatic N) is 2. The lowest BCUT2D eigenvalue weighted by molar-refractivity contribution is 0.658. The standard InChI is InChI=1S/C18H27N3/c1-4-6-7-8-16-9-11-18(12-10-16)20-15(3)17-13-19-21(5-2)14-17/h9-15,20H,4-8H2,1-3H3. The Labute approximate surface area is 128 Å². The number of benzene rings is 1. The number of hydrogen-bond acceptors (Lipinski definition) is 2. The molecule has 1 heterocycles. The Bertz CT molecular complexity index is 528. The molecule has 0 bridgehead atoms. The third-order valence-electron chi connectivity index (χ3n) is 3.88. The van der Waals surface area contributed by atoms with Crippen LogP contribution in [0, 0.1) is 0 Å². The van der Waals surface area contributed by atoms with E-state index in [1.165, 1.54) is 42.5 Å². The van der Waals surface area contributed by atoms with Crippen LogP contribution in [0.2, 0.25) is 0 Å². The zero-order valence-electron chi connectivity index (χ0n) is 13.5. The molecule has 1 unspecified atom stereocenters. The van der Waals surface area contributed by atoms with Gasteiger partial charge in [-0.3, -0.25) is 4.68 Å². The van der Waals surface area contributed by atoms with Crippen LogP contribution in [0.4, 0.5) is 5.69 Å². The zero-order chi connectivity index (χ0) is 15.1. The maximum Gasteiger partial charge on any atom is 0.0542 e. The normalized spacial score (nSPS) is 12.3. The fourth-order valence-corrected chi connectivity index (χ4v) is 2.46. The number of aromatic nitrogens is 2. The van der Waals surface area contributed by atoms with E-state index >= 15 is 0 Å². The second kappa shape index (κ2) is 7.87. The summed E-state index contributed by atoms with van der Waals surface area (Å²) in [6.07, 6.45) is 9.13. The lowest BCUT2D eigenvalue weighted by atomic mass is 10.1. The molecule has 114 valence electrons. The zero-order valence-corrected chi connectivity index (χ0v) is 13.5. The lowest BCUT2D eigenvalue weighted by Gasteiger charge is -2.14. The number of rotatable bonds is 8. The van der Waals surface area contributed by atoms with Crippen molar-refractivity contribution < 1.29 is 0 Å². The number of nitrogens with one attached hydrogen (secondary N) is 1. The van der Waals surface area contributed by atoms with Gasteiger partial charge in [-0.1, -0.05) is 31.9 Å². The average Bonchev–Trinajstić information content (AvgIpc) is 2.98. The van der Waals surface area contributed by atoms with Crippen LogP contribution in [0.3, 0.4) is 0 Å². The first-order valence-electron chi connectivity index (χ1n) is 8.10. The molecule has 1 aromatic heterocycles. The first kappa shape index (κ1) is 15.6. The van der Waals surface area contributed by atoms with Crippen LogP contribution in [-0.2, 0) is 13.0 Å². The summed E-state index contributed by atoms with van der Waals surface area (Å²) in [7, 11) is 0. The van der Waals surface area contributed by atoms with Crippen LogP contribution in [0.5, 0.6) is 0 Å². The monoisotopic (exact) mass is 285 g/mol. The minimum absolute atomic E-state index is 0.274. The summed E-state index contributed by atoms with van der Waals surface area (Å²) in [4.78, 5) is 0. The molecule has 21 heavy (non-hydrogen) atoms. The molecule has 0 aliphatic carbocycles. The minimum Gasteiger partial charge on any atom is -0.378 e. The Hall–Kier alpha value is -1.77. The fraction of sp³-hybridized carbons (Fsp3) is 0.500. The van der Waals surface area contributed by atoms with Crippen LogP contribution in [0.1, 0.15) is 57.2 Å². The van der Waals surface area contributed by atoms with Gasteiger partial charge >= 0.3 is 0 Å². The van der Waals surface area contributed by atoms with Gasteiger partial charge in [0.25, 0.3) is 0 Å². The molecular formula is C18H27N3. The quantitative estimate of drug-likeness (QED) is 0.705. The van der Waals surface area contributed by atoms with E-state index in [9.17, 15) is 0 Å². The van der Waals surface area contributed by atoms with Gasteiger partial charge in [0.1, 0.15) is 0 Å². The molecule has 1 atom stereocenters. The highest BCUT2D eigenvalue weighted by Crippen LogP contribution is 2.19. The summed E-state index contributed by atoms with van der Waals surface area (Å²) in [6.45, 7) is 7.44. The molecule has 2 rings (SSSR count). The van der Waals surface area contributed by atoms with E-state index in [2.05, 4.69) is 61.6 Å². The van der Waals surface area contributed by atoms with Gasteiger partial charge in [0, 0.05) is 24.0 Å². The predicted octanol–water partition coefficient (Wildman–Crippen LogP) is 4.81. The second-order valence-electron chi connectivity index (χ2n) is 5.65. The van der Waals surface area contributed by atoms with Gasteiger partial charge in [-0.05, 0) is 44.4 Å². The van der Waals surface area contributed by atoms with Gasteiger partial charge in [0.2, 0.25) is 0 Å². The molecule has 0 saturated carbocycles. The first-order valence-corrected chi connectivity index (χ1v) is 8.10. The summed E-state index contributed by atoms with van der Waals surface area (Å²) in [5, 5.41) is 7.87. The highest BCUT2D eigenvalue weighted by atomic mass is 15.3. The van der Waals surface area contributed by atoms with Crippen molar-refractivity contribution in [3.63, 3.8) is 0 Å². The molecule has 0 fully saturated rings. The first-order chi connectivity index (χ1) is 10.2. The largest absolute Gasteiger partial charge is 0.378 e. The number of unbranched alkanes of at least 4 members (excludes halogenated alkanes) is 2. The summed E-state index contributed by atoms with van der Waals surface area (Å²) in [5.41, 5.74) is 3.83. The van der Waals surface area contributed by atoms with Crippen molar-refractivity contribution in [1.82, 2.24) is 9.78 Å². The molecule has 3 nitrogen and oxygen atoms in total. The van der Waals surface area contributed by atoms with E-state index in [0.29, 0.717) is 0 Å². The Kier molecular flexibility index (Phi) is 5.85. The molecule has 3 heteroatoms. The van der Waals surface area contributed by atoms with Crippen molar-refractivity contribution in [2.24, 2.45) is 0 Å². The van der Waals surface area contributed by atoms with Gasteiger partial charge < -0.3 is 5.32 Å². The van der Waals surface area contributed by atoms with Gasteiger partial charge in [0.05, 0.1) is 12.2 Å². The number of anilines is 1. The Balaban J connectivity index is 1.90. The molecular weight excluding hydrogens is 258 g/mol. The smallest absolute Gasteiger partial charge is 0.0542 e. The summed E-state index contributed by atoms with van der Waals surface area (Å²) in [5.74, 6) is 0. The SMILES string of the molecule is CCCCCc1ccc(NC(C)c2cnn(CC)c2)cc1. The third kappa shape index (κ3) is 4.62. The molecule has 0 aliphatic rings. The molecule has 0 saturated heterocycles. The van der Waals surface area contributed by atoms with Crippen LogP contribution in [0.15, 0.2) is 36.7 Å². The van der Waals surface area contributed by atoms with Crippen LogP contribution < -0.4 is 5.32 Å². The Morgan fingerprint density at radius 2 is 1.90 bits per heavy atom. The topological polar surface area (TPSA) is 29.9 Å². The molecule has 2 aromatic rings. The van der Waals surface area contributed by atoms with Gasteiger partial charge in [-0.25, -0.2) is 0 Å². The molecule has 0 radical (unpaired) electrons. The van der Waals surface area contributed by atoms with Crippen molar-refractivity contribution in [3.8, 4) is 0 Å². The summed E-state index contributed by atoms with van der Waals surface area (Å²) < 4.78 is 1.96. The average molecular weight is 285 g/mol. The van der Waals surface area contributed by atoms with Gasteiger partial charge in [0.15, 0.2) is 0 Å². The third-order valence-corrected chi connectivity index (χ3v) is 3.88. The maximum absolute atomic E-state index is 4.33. The molecule has 0 aliphatic heterocycles. The highest BCUT2D eigenvalue weighted by Gasteiger charge is 2.07. The second-order valence-corrected chi connectivity index (χ2v) is 5.65. The maximum atomic E-state index is 4.33. The molecule has 1 N–H and O–H groups in total. The Morgan fingerprint density at radius 1 is 1.14 bits per heavy atom. The van der Waals surface area contributed by atoms with Gasteiger partial charge in [-0.2, -0.15) is 5.10 Å². The van der Waals surface area contributed by atoms with Crippen molar-refractivity contribution in [1.29, 1.82) is 0 Å². The summed E-state index contributed by atoms with van der Waals surface area (Å²) in [6, 6.07) is 9.11. The predicted molar refractivity (Wildman–Crippen MR) is 89.6 cm³/mol. The van der Waals surface area contributed by atoms with E-state index in [-0.39, 0.29) is 6.04 Å².